The van der Waals surface area contributed by atoms with Crippen molar-refractivity contribution in [3.8, 4) is 0 Å². The number of allylic oxidation sites excluding steroid dienone is 3. The van der Waals surface area contributed by atoms with E-state index in [1.807, 2.05) is 25.1 Å². The van der Waals surface area contributed by atoms with E-state index in [2.05, 4.69) is 5.32 Å². The van der Waals surface area contributed by atoms with E-state index < -0.39 is 34.9 Å². The van der Waals surface area contributed by atoms with Crippen molar-refractivity contribution in [1.29, 1.82) is 0 Å². The van der Waals surface area contributed by atoms with Gasteiger partial charge in [-0.1, -0.05) is 17.8 Å². The van der Waals surface area contributed by atoms with Crippen LogP contribution in [0, 0.1) is 5.82 Å². The molecule has 34 heavy (non-hydrogen) atoms. The Morgan fingerprint density at radius 2 is 1.85 bits per heavy atom. The summed E-state index contributed by atoms with van der Waals surface area (Å²) < 4.78 is 25.7. The average Bonchev–Trinajstić information content (AvgIpc) is 3.01. The van der Waals surface area contributed by atoms with Crippen LogP contribution in [0.5, 0.6) is 0 Å². The van der Waals surface area contributed by atoms with E-state index in [1.54, 1.807) is 24.5 Å². The molecule has 0 saturated heterocycles. The van der Waals surface area contributed by atoms with Crippen LogP contribution in [0.4, 0.5) is 4.39 Å². The first-order chi connectivity index (χ1) is 16.1. The smallest absolute Gasteiger partial charge is 0.327 e. The second-order valence-corrected chi connectivity index (χ2v) is 10.3. The molecule has 1 aliphatic rings. The summed E-state index contributed by atoms with van der Waals surface area (Å²) in [6.07, 6.45) is 3.54. The van der Waals surface area contributed by atoms with E-state index in [4.69, 9.17) is 0 Å². The Morgan fingerprint density at radius 1 is 1.18 bits per heavy atom. The largest absolute Gasteiger partial charge is 0.612 e. The third kappa shape index (κ3) is 6.16. The van der Waals surface area contributed by atoms with Gasteiger partial charge in [0.15, 0.2) is 10.0 Å². The molecular weight excluding hydrogens is 477 g/mol. The van der Waals surface area contributed by atoms with Crippen molar-refractivity contribution < 1.29 is 28.4 Å². The number of carbonyl (C=O) groups excluding carboxylic acids is 2. The molecule has 2 atom stereocenters. The summed E-state index contributed by atoms with van der Waals surface area (Å²) in [6.45, 7) is 3.08. The third-order valence-corrected chi connectivity index (χ3v) is 7.29. The number of aliphatic carboxylic acids is 1. The Bertz CT molecular complexity index is 1190. The maximum atomic E-state index is 14.1. The zero-order chi connectivity index (χ0) is 25.0. The van der Waals surface area contributed by atoms with Crippen molar-refractivity contribution in [2.75, 3.05) is 12.0 Å². The number of carboxylic acid groups (broad SMARTS) is 1. The topological polar surface area (TPSA) is 107 Å². The zero-order valence-electron chi connectivity index (χ0n) is 18.9. The Balaban J connectivity index is 1.86. The Morgan fingerprint density at radius 3 is 2.44 bits per heavy atom. The molecule has 0 radical (unpaired) electrons. The molecule has 6 nitrogen and oxygen atoms in total. The molecule has 0 heterocycles. The van der Waals surface area contributed by atoms with Crippen LogP contribution >= 0.6 is 11.8 Å². The number of carbonyl (C=O) groups is 3. The second-order valence-electron chi connectivity index (χ2n) is 7.83. The predicted octanol–water partition coefficient (Wildman–Crippen LogP) is 4.13. The maximum absolute atomic E-state index is 14.1. The van der Waals surface area contributed by atoms with Gasteiger partial charge in [-0.05, 0) is 94.0 Å². The Kier molecular flexibility index (Phi) is 8.35. The molecule has 0 aromatic heterocycles. The fourth-order valence-corrected chi connectivity index (χ4v) is 5.04. The van der Waals surface area contributed by atoms with E-state index in [0.29, 0.717) is 16.0 Å². The van der Waals surface area contributed by atoms with E-state index >= 15 is 0 Å². The molecule has 178 valence electrons. The van der Waals surface area contributed by atoms with Crippen LogP contribution in [0.2, 0.25) is 0 Å². The summed E-state index contributed by atoms with van der Waals surface area (Å²) in [7, 11) is 0. The monoisotopic (exact) mass is 501 g/mol. The van der Waals surface area contributed by atoms with Crippen molar-refractivity contribution in [1.82, 2.24) is 5.32 Å². The lowest BCUT2D eigenvalue weighted by molar-refractivity contribution is -0.140. The second kappa shape index (κ2) is 11.0. The minimum Gasteiger partial charge on any atom is -0.612 e. The first-order valence-electron chi connectivity index (χ1n) is 10.4. The number of rotatable bonds is 8. The summed E-state index contributed by atoms with van der Waals surface area (Å²) in [4.78, 5) is 35.9. The van der Waals surface area contributed by atoms with Gasteiger partial charge in [0.05, 0.1) is 0 Å². The minimum atomic E-state index is -1.22. The molecule has 0 saturated carbocycles. The molecule has 1 amide bonds. The van der Waals surface area contributed by atoms with Gasteiger partial charge in [0.25, 0.3) is 0 Å². The van der Waals surface area contributed by atoms with Crippen LogP contribution in [0.3, 0.4) is 0 Å². The molecule has 9 heteroatoms. The Hall–Kier alpha value is -2.88. The summed E-state index contributed by atoms with van der Waals surface area (Å²) in [6, 6.07) is 10.6. The molecule has 2 aromatic carbocycles. The zero-order valence-corrected chi connectivity index (χ0v) is 20.5. The molecule has 2 N–H and O–H groups in total. The minimum absolute atomic E-state index is 0.00947. The van der Waals surface area contributed by atoms with Crippen molar-refractivity contribution in [2.24, 2.45) is 0 Å². The summed E-state index contributed by atoms with van der Waals surface area (Å²) >= 11 is -0.262. The van der Waals surface area contributed by atoms with Crippen LogP contribution in [0.1, 0.15) is 37.0 Å². The number of fused-ring (bicyclic) bond motifs is 1. The lowest BCUT2D eigenvalue weighted by Crippen LogP contribution is -2.41. The maximum Gasteiger partial charge on any atom is 0.327 e. The number of halogens is 1. The standard InChI is InChI=1S/C25H24FNO5S2/c1-14-20(10-16-4-7-18(8-5-16)34(3)32)19-9-6-17(26)11-22(19)21(14)12-24(29)33-13-23(25(30)31)27-15(2)28/h4-11,23H,12-13H2,1-3H3,(H,27,28)(H,30,31)/b20-10-/t23-,34?/m0/s1. The van der Waals surface area contributed by atoms with E-state index in [0.717, 1.165) is 34.0 Å². The molecule has 0 bridgehead atoms. The summed E-state index contributed by atoms with van der Waals surface area (Å²) in [5.74, 6) is -2.24. The first-order valence-corrected chi connectivity index (χ1v) is 12.9. The van der Waals surface area contributed by atoms with Gasteiger partial charge in [-0.25, -0.2) is 9.18 Å². The number of amides is 1. The van der Waals surface area contributed by atoms with E-state index in [9.17, 15) is 28.4 Å². The van der Waals surface area contributed by atoms with Crippen LogP contribution in [0.25, 0.3) is 17.2 Å². The molecule has 0 aliphatic heterocycles. The van der Waals surface area contributed by atoms with Gasteiger partial charge in [0, 0.05) is 19.1 Å². The van der Waals surface area contributed by atoms with Gasteiger partial charge < -0.3 is 15.0 Å². The molecule has 1 aliphatic carbocycles. The number of hydrogen-bond donors (Lipinski definition) is 2. The van der Waals surface area contributed by atoms with Gasteiger partial charge in [-0.3, -0.25) is 9.59 Å². The Labute approximate surface area is 204 Å². The molecular formula is C25H24FNO5S2. The fourth-order valence-electron chi connectivity index (χ4n) is 3.70. The molecule has 0 fully saturated rings. The highest BCUT2D eigenvalue weighted by molar-refractivity contribution is 8.13. The lowest BCUT2D eigenvalue weighted by Gasteiger charge is -2.12. The summed E-state index contributed by atoms with van der Waals surface area (Å²) in [5.41, 5.74) is 4.66. The van der Waals surface area contributed by atoms with Crippen LogP contribution in [-0.2, 0) is 25.6 Å². The summed E-state index contributed by atoms with van der Waals surface area (Å²) in [5, 5.41) is 11.3. The molecule has 0 spiro atoms. The van der Waals surface area contributed by atoms with Gasteiger partial charge in [0.2, 0.25) is 5.91 Å². The number of nitrogens with one attached hydrogen (secondary N) is 1. The number of benzene rings is 2. The average molecular weight is 502 g/mol. The number of thioether (sulfide) groups is 1. The third-order valence-electron chi connectivity index (χ3n) is 5.38. The van der Waals surface area contributed by atoms with E-state index in [-0.39, 0.29) is 17.3 Å². The fraction of sp³-hybridized carbons (Fsp3) is 0.240. The highest BCUT2D eigenvalue weighted by atomic mass is 32.2. The van der Waals surface area contributed by atoms with Crippen LogP contribution in [-0.4, -0.2) is 44.7 Å². The van der Waals surface area contributed by atoms with Crippen molar-refractivity contribution in [3.63, 3.8) is 0 Å². The van der Waals surface area contributed by atoms with Gasteiger partial charge in [-0.15, -0.1) is 0 Å². The molecule has 2 aromatic rings. The highest BCUT2D eigenvalue weighted by Crippen LogP contribution is 2.44. The van der Waals surface area contributed by atoms with Crippen molar-refractivity contribution >= 4 is 57.2 Å². The van der Waals surface area contributed by atoms with Crippen molar-refractivity contribution in [2.45, 2.75) is 31.2 Å². The van der Waals surface area contributed by atoms with E-state index in [1.165, 1.54) is 19.1 Å². The molecule has 1 unspecified atom stereocenters. The van der Waals surface area contributed by atoms with Gasteiger partial charge in [-0.2, -0.15) is 0 Å². The number of carboxylic acids is 1. The normalized spacial score (nSPS) is 15.7. The first kappa shape index (κ1) is 25.7. The highest BCUT2D eigenvalue weighted by Gasteiger charge is 2.27. The van der Waals surface area contributed by atoms with Crippen molar-refractivity contribution in [3.05, 3.63) is 70.5 Å². The lowest BCUT2D eigenvalue weighted by atomic mass is 10.0. The van der Waals surface area contributed by atoms with Gasteiger partial charge >= 0.3 is 5.97 Å². The molecule has 3 rings (SSSR count). The van der Waals surface area contributed by atoms with Crippen LogP contribution in [0.15, 0.2) is 52.9 Å². The quantitative estimate of drug-likeness (QED) is 0.527. The van der Waals surface area contributed by atoms with Gasteiger partial charge in [0.1, 0.15) is 18.1 Å². The number of hydrogen-bond acceptors (Lipinski definition) is 5. The SMILES string of the molecule is CC(=O)N[C@@H](CSC(=O)CC1=C(C)/C(=C/c2ccc([S+](C)[O-])cc2)c2ccc(F)cc21)C(=O)O. The van der Waals surface area contributed by atoms with Crippen LogP contribution < -0.4 is 5.32 Å². The predicted molar refractivity (Wildman–Crippen MR) is 133 cm³/mol.